The summed E-state index contributed by atoms with van der Waals surface area (Å²) >= 11 is 0. The quantitative estimate of drug-likeness (QED) is 0.413. The second-order valence-electron chi connectivity index (χ2n) is 6.63. The number of unbranched alkanes of at least 4 members (excludes halogenated alkanes) is 9. The van der Waals surface area contributed by atoms with Gasteiger partial charge in [-0.1, -0.05) is 64.7 Å². The van der Waals surface area contributed by atoms with E-state index in [0.717, 1.165) is 6.42 Å². The standard InChI is InChI=1S/C21H36N2O3/c1-4-5-6-7-8-9-10-11-12-13-16-22-21(24)23-18-14-15-19(25-2)20(17-18)26-3/h14-15,17H,4-13,16H2,1-3H3,(H2,22,23,24). The largest absolute Gasteiger partial charge is 0.493 e. The number of benzene rings is 1. The number of ether oxygens (including phenoxy) is 2. The minimum absolute atomic E-state index is 0.187. The van der Waals surface area contributed by atoms with Gasteiger partial charge in [0, 0.05) is 18.3 Å². The molecule has 0 saturated heterocycles. The normalized spacial score (nSPS) is 10.4. The first-order valence-corrected chi connectivity index (χ1v) is 9.98. The molecule has 0 unspecified atom stereocenters. The third-order valence-corrected chi connectivity index (χ3v) is 4.46. The fourth-order valence-corrected chi connectivity index (χ4v) is 2.90. The molecule has 2 N–H and O–H groups in total. The molecular weight excluding hydrogens is 328 g/mol. The Bertz CT molecular complexity index is 506. The van der Waals surface area contributed by atoms with E-state index in [9.17, 15) is 4.79 Å². The van der Waals surface area contributed by atoms with E-state index in [1.54, 1.807) is 32.4 Å². The van der Waals surface area contributed by atoms with E-state index >= 15 is 0 Å². The van der Waals surface area contributed by atoms with Crippen LogP contribution in [0, 0.1) is 0 Å². The van der Waals surface area contributed by atoms with Crippen LogP contribution in [0.15, 0.2) is 18.2 Å². The van der Waals surface area contributed by atoms with Gasteiger partial charge >= 0.3 is 6.03 Å². The molecule has 0 radical (unpaired) electrons. The van der Waals surface area contributed by atoms with Crippen LogP contribution >= 0.6 is 0 Å². The number of nitrogens with one attached hydrogen (secondary N) is 2. The highest BCUT2D eigenvalue weighted by Crippen LogP contribution is 2.29. The predicted molar refractivity (Wildman–Crippen MR) is 108 cm³/mol. The van der Waals surface area contributed by atoms with E-state index in [0.29, 0.717) is 23.7 Å². The van der Waals surface area contributed by atoms with E-state index in [2.05, 4.69) is 17.6 Å². The highest BCUT2D eigenvalue weighted by molar-refractivity contribution is 5.89. The number of rotatable bonds is 14. The lowest BCUT2D eigenvalue weighted by Crippen LogP contribution is -2.29. The number of methoxy groups -OCH3 is 2. The van der Waals surface area contributed by atoms with Crippen molar-refractivity contribution < 1.29 is 14.3 Å². The summed E-state index contributed by atoms with van der Waals surface area (Å²) in [7, 11) is 3.16. The number of amides is 2. The Morgan fingerprint density at radius 1 is 0.846 bits per heavy atom. The molecule has 2 amide bonds. The van der Waals surface area contributed by atoms with Gasteiger partial charge in [-0.05, 0) is 18.6 Å². The molecule has 0 heterocycles. The van der Waals surface area contributed by atoms with Gasteiger partial charge < -0.3 is 20.1 Å². The van der Waals surface area contributed by atoms with Crippen molar-refractivity contribution in [2.75, 3.05) is 26.1 Å². The van der Waals surface area contributed by atoms with E-state index in [1.807, 2.05) is 0 Å². The van der Waals surface area contributed by atoms with Crippen LogP contribution in [-0.4, -0.2) is 26.8 Å². The number of carbonyl (C=O) groups excluding carboxylic acids is 1. The van der Waals surface area contributed by atoms with E-state index < -0.39 is 0 Å². The van der Waals surface area contributed by atoms with Crippen molar-refractivity contribution in [3.8, 4) is 11.5 Å². The van der Waals surface area contributed by atoms with E-state index in [1.165, 1.54) is 57.8 Å². The molecule has 0 aromatic heterocycles. The third kappa shape index (κ3) is 9.54. The van der Waals surface area contributed by atoms with Gasteiger partial charge in [0.05, 0.1) is 14.2 Å². The smallest absolute Gasteiger partial charge is 0.319 e. The van der Waals surface area contributed by atoms with Gasteiger partial charge in [0.1, 0.15) is 0 Å². The SMILES string of the molecule is CCCCCCCCCCCCNC(=O)Nc1ccc(OC)c(OC)c1. The molecule has 0 aliphatic rings. The van der Waals surface area contributed by atoms with Gasteiger partial charge in [-0.2, -0.15) is 0 Å². The van der Waals surface area contributed by atoms with Crippen molar-refractivity contribution in [2.45, 2.75) is 71.1 Å². The molecule has 0 spiro atoms. The van der Waals surface area contributed by atoms with E-state index in [-0.39, 0.29) is 6.03 Å². The number of hydrogen-bond donors (Lipinski definition) is 2. The fraction of sp³-hybridized carbons (Fsp3) is 0.667. The summed E-state index contributed by atoms with van der Waals surface area (Å²) in [5.41, 5.74) is 0.684. The zero-order chi connectivity index (χ0) is 19.0. The number of urea groups is 1. The van der Waals surface area contributed by atoms with Crippen LogP contribution in [0.4, 0.5) is 10.5 Å². The molecule has 0 saturated carbocycles. The van der Waals surface area contributed by atoms with Crippen molar-refractivity contribution >= 4 is 11.7 Å². The van der Waals surface area contributed by atoms with Gasteiger partial charge in [0.2, 0.25) is 0 Å². The molecule has 0 aliphatic heterocycles. The minimum atomic E-state index is -0.187. The van der Waals surface area contributed by atoms with Crippen LogP contribution in [0.3, 0.4) is 0 Å². The van der Waals surface area contributed by atoms with Gasteiger partial charge in [-0.15, -0.1) is 0 Å². The molecule has 1 aromatic rings. The first-order valence-electron chi connectivity index (χ1n) is 9.98. The summed E-state index contributed by atoms with van der Waals surface area (Å²) in [6.45, 7) is 2.96. The number of hydrogen-bond acceptors (Lipinski definition) is 3. The average Bonchev–Trinajstić information content (AvgIpc) is 2.66. The highest BCUT2D eigenvalue weighted by Gasteiger charge is 2.06. The predicted octanol–water partition coefficient (Wildman–Crippen LogP) is 5.75. The second kappa shape index (κ2) is 14.3. The molecule has 5 heteroatoms. The monoisotopic (exact) mass is 364 g/mol. The summed E-state index contributed by atoms with van der Waals surface area (Å²) in [4.78, 5) is 11.9. The zero-order valence-corrected chi connectivity index (χ0v) is 16.7. The Labute approximate surface area is 158 Å². The maximum atomic E-state index is 11.9. The number of anilines is 1. The fourth-order valence-electron chi connectivity index (χ4n) is 2.90. The summed E-state index contributed by atoms with van der Waals surface area (Å²) in [5.74, 6) is 1.24. The molecule has 0 bridgehead atoms. The maximum Gasteiger partial charge on any atom is 0.319 e. The van der Waals surface area contributed by atoms with Crippen LogP contribution in [0.25, 0.3) is 0 Å². The molecular formula is C21H36N2O3. The Morgan fingerprint density at radius 3 is 2.00 bits per heavy atom. The zero-order valence-electron chi connectivity index (χ0n) is 16.7. The molecule has 1 rings (SSSR count). The lowest BCUT2D eigenvalue weighted by atomic mass is 10.1. The van der Waals surface area contributed by atoms with Crippen LogP contribution in [-0.2, 0) is 0 Å². The molecule has 0 fully saturated rings. The van der Waals surface area contributed by atoms with E-state index in [4.69, 9.17) is 9.47 Å². The first-order chi connectivity index (χ1) is 12.7. The molecule has 5 nitrogen and oxygen atoms in total. The maximum absolute atomic E-state index is 11.9. The van der Waals surface area contributed by atoms with Crippen molar-refractivity contribution in [3.63, 3.8) is 0 Å². The highest BCUT2D eigenvalue weighted by atomic mass is 16.5. The first kappa shape index (κ1) is 22.1. The Kier molecular flexibility index (Phi) is 12.2. The van der Waals surface area contributed by atoms with Gasteiger partial charge in [-0.25, -0.2) is 4.79 Å². The van der Waals surface area contributed by atoms with Gasteiger partial charge in [0.25, 0.3) is 0 Å². The average molecular weight is 365 g/mol. The van der Waals surface area contributed by atoms with Crippen LogP contribution in [0.5, 0.6) is 11.5 Å². The third-order valence-electron chi connectivity index (χ3n) is 4.46. The lowest BCUT2D eigenvalue weighted by Gasteiger charge is -2.11. The summed E-state index contributed by atoms with van der Waals surface area (Å²) in [6.07, 6.45) is 12.9. The van der Waals surface area contributed by atoms with Gasteiger partial charge in [0.15, 0.2) is 11.5 Å². The van der Waals surface area contributed by atoms with Crippen molar-refractivity contribution in [3.05, 3.63) is 18.2 Å². The summed E-state index contributed by atoms with van der Waals surface area (Å²) in [6, 6.07) is 5.13. The minimum Gasteiger partial charge on any atom is -0.493 e. The van der Waals surface area contributed by atoms with Crippen LogP contribution in [0.2, 0.25) is 0 Å². The summed E-state index contributed by atoms with van der Waals surface area (Å²) < 4.78 is 10.4. The molecule has 0 aliphatic carbocycles. The topological polar surface area (TPSA) is 59.6 Å². The molecule has 0 atom stereocenters. The molecule has 26 heavy (non-hydrogen) atoms. The Balaban J connectivity index is 2.07. The lowest BCUT2D eigenvalue weighted by molar-refractivity contribution is 0.252. The second-order valence-corrected chi connectivity index (χ2v) is 6.63. The molecule has 1 aromatic carbocycles. The van der Waals surface area contributed by atoms with Crippen molar-refractivity contribution in [2.24, 2.45) is 0 Å². The van der Waals surface area contributed by atoms with Crippen molar-refractivity contribution in [1.82, 2.24) is 5.32 Å². The Hall–Kier alpha value is -1.91. The van der Waals surface area contributed by atoms with Crippen molar-refractivity contribution in [1.29, 1.82) is 0 Å². The molecule has 148 valence electrons. The van der Waals surface area contributed by atoms with Crippen LogP contribution < -0.4 is 20.1 Å². The van der Waals surface area contributed by atoms with Crippen LogP contribution in [0.1, 0.15) is 71.1 Å². The Morgan fingerprint density at radius 2 is 1.42 bits per heavy atom. The number of carbonyl (C=O) groups is 1. The van der Waals surface area contributed by atoms with Gasteiger partial charge in [-0.3, -0.25) is 0 Å². The summed E-state index contributed by atoms with van der Waals surface area (Å²) in [5, 5.41) is 5.72.